The molecule has 1 atom stereocenters. The largest absolute Gasteiger partial charge is 0.316 e. The summed E-state index contributed by atoms with van der Waals surface area (Å²) in [6.45, 7) is 8.80. The van der Waals surface area contributed by atoms with Crippen LogP contribution in [0.3, 0.4) is 0 Å². The van der Waals surface area contributed by atoms with Crippen LogP contribution in [-0.4, -0.2) is 13.1 Å². The molecule has 0 heterocycles. The topological polar surface area (TPSA) is 12.0 Å². The first-order chi connectivity index (χ1) is 9.02. The van der Waals surface area contributed by atoms with E-state index in [9.17, 15) is 4.39 Å². The van der Waals surface area contributed by atoms with Crippen LogP contribution in [0.4, 0.5) is 4.39 Å². The average Bonchev–Trinajstić information content (AvgIpc) is 2.32. The van der Waals surface area contributed by atoms with Crippen LogP contribution in [-0.2, 0) is 6.42 Å². The maximum absolute atomic E-state index is 13.1. The van der Waals surface area contributed by atoms with Gasteiger partial charge in [-0.25, -0.2) is 4.39 Å². The van der Waals surface area contributed by atoms with Gasteiger partial charge < -0.3 is 5.32 Å². The fourth-order valence-electron chi connectivity index (χ4n) is 2.39. The number of rotatable bonds is 8. The van der Waals surface area contributed by atoms with Crippen LogP contribution in [0.2, 0.25) is 0 Å². The van der Waals surface area contributed by atoms with Crippen molar-refractivity contribution >= 4 is 15.9 Å². The summed E-state index contributed by atoms with van der Waals surface area (Å²) in [4.78, 5) is 0. The van der Waals surface area contributed by atoms with Crippen LogP contribution < -0.4 is 5.32 Å². The van der Waals surface area contributed by atoms with Crippen molar-refractivity contribution in [2.45, 2.75) is 40.0 Å². The molecule has 0 aliphatic rings. The third kappa shape index (κ3) is 6.53. The molecule has 1 N–H and O–H groups in total. The maximum atomic E-state index is 13.1. The summed E-state index contributed by atoms with van der Waals surface area (Å²) in [5.41, 5.74) is 1.20. The molecular weight excluding hydrogens is 305 g/mol. The summed E-state index contributed by atoms with van der Waals surface area (Å²) in [5.74, 6) is 1.11. The van der Waals surface area contributed by atoms with Crippen molar-refractivity contribution in [3.63, 3.8) is 0 Å². The standard InChI is InChI=1S/C16H25BrFN/c1-4-7-19-11-13(8-12(2)3)9-14-5-6-15(18)10-16(14)17/h5-6,10,12-13,19H,4,7-9,11H2,1-3H3. The smallest absolute Gasteiger partial charge is 0.124 e. The number of nitrogens with one attached hydrogen (secondary N) is 1. The highest BCUT2D eigenvalue weighted by Crippen LogP contribution is 2.23. The summed E-state index contributed by atoms with van der Waals surface area (Å²) in [6, 6.07) is 5.00. The van der Waals surface area contributed by atoms with Gasteiger partial charge in [0.25, 0.3) is 0 Å². The first kappa shape index (κ1) is 16.6. The van der Waals surface area contributed by atoms with Gasteiger partial charge >= 0.3 is 0 Å². The molecule has 0 spiro atoms. The Kier molecular flexibility index (Phi) is 7.62. The lowest BCUT2D eigenvalue weighted by atomic mass is 9.91. The van der Waals surface area contributed by atoms with E-state index < -0.39 is 0 Å². The molecule has 19 heavy (non-hydrogen) atoms. The van der Waals surface area contributed by atoms with Crippen molar-refractivity contribution in [3.05, 3.63) is 34.1 Å². The zero-order chi connectivity index (χ0) is 14.3. The fourth-order valence-corrected chi connectivity index (χ4v) is 2.90. The Morgan fingerprint density at radius 1 is 1.32 bits per heavy atom. The van der Waals surface area contributed by atoms with E-state index in [2.05, 4.69) is 42.0 Å². The first-order valence-electron chi connectivity index (χ1n) is 7.17. The van der Waals surface area contributed by atoms with Crippen molar-refractivity contribution in [1.82, 2.24) is 5.32 Å². The highest BCUT2D eigenvalue weighted by molar-refractivity contribution is 9.10. The predicted octanol–water partition coefficient (Wildman–Crippen LogP) is 4.79. The molecule has 1 nitrogen and oxygen atoms in total. The summed E-state index contributed by atoms with van der Waals surface area (Å²) < 4.78 is 14.0. The van der Waals surface area contributed by atoms with E-state index in [1.165, 1.54) is 12.0 Å². The van der Waals surface area contributed by atoms with Crippen LogP contribution >= 0.6 is 15.9 Å². The average molecular weight is 330 g/mol. The second kappa shape index (κ2) is 8.70. The molecule has 0 saturated carbocycles. The zero-order valence-electron chi connectivity index (χ0n) is 12.2. The summed E-state index contributed by atoms with van der Waals surface area (Å²) >= 11 is 3.46. The molecule has 0 aliphatic carbocycles. The third-order valence-electron chi connectivity index (χ3n) is 3.19. The molecule has 1 unspecified atom stereocenters. The Balaban J connectivity index is 2.64. The van der Waals surface area contributed by atoms with Gasteiger partial charge in [-0.1, -0.05) is 42.8 Å². The summed E-state index contributed by atoms with van der Waals surface area (Å²) in [5, 5.41) is 3.50. The Hall–Kier alpha value is -0.410. The van der Waals surface area contributed by atoms with E-state index in [0.29, 0.717) is 11.8 Å². The number of hydrogen-bond donors (Lipinski definition) is 1. The predicted molar refractivity (Wildman–Crippen MR) is 83.9 cm³/mol. The molecule has 1 aromatic carbocycles. The molecular formula is C16H25BrFN. The molecule has 3 heteroatoms. The van der Waals surface area contributed by atoms with Gasteiger partial charge in [0.1, 0.15) is 5.82 Å². The SMILES string of the molecule is CCCNCC(Cc1ccc(F)cc1Br)CC(C)C. The van der Waals surface area contributed by atoms with E-state index in [1.807, 2.05) is 6.07 Å². The van der Waals surface area contributed by atoms with Gasteiger partial charge in [0, 0.05) is 4.47 Å². The molecule has 0 radical (unpaired) electrons. The first-order valence-corrected chi connectivity index (χ1v) is 7.96. The molecule has 0 bridgehead atoms. The number of benzene rings is 1. The lowest BCUT2D eigenvalue weighted by molar-refractivity contribution is 0.385. The van der Waals surface area contributed by atoms with E-state index >= 15 is 0 Å². The van der Waals surface area contributed by atoms with Crippen LogP contribution in [0.25, 0.3) is 0 Å². The molecule has 108 valence electrons. The number of halogens is 2. The molecule has 0 amide bonds. The Morgan fingerprint density at radius 2 is 2.05 bits per heavy atom. The Labute approximate surface area is 125 Å². The molecule has 0 fully saturated rings. The quantitative estimate of drug-likeness (QED) is 0.676. The fraction of sp³-hybridized carbons (Fsp3) is 0.625. The van der Waals surface area contributed by atoms with Crippen LogP contribution in [0, 0.1) is 17.7 Å². The second-order valence-electron chi connectivity index (χ2n) is 5.64. The maximum Gasteiger partial charge on any atom is 0.124 e. The molecule has 0 aromatic heterocycles. The van der Waals surface area contributed by atoms with Gasteiger partial charge in [-0.3, -0.25) is 0 Å². The van der Waals surface area contributed by atoms with Crippen molar-refractivity contribution in [3.8, 4) is 0 Å². The minimum atomic E-state index is -0.180. The third-order valence-corrected chi connectivity index (χ3v) is 3.93. The second-order valence-corrected chi connectivity index (χ2v) is 6.49. The van der Waals surface area contributed by atoms with Crippen LogP contribution in [0.1, 0.15) is 39.2 Å². The van der Waals surface area contributed by atoms with E-state index in [-0.39, 0.29) is 5.82 Å². The van der Waals surface area contributed by atoms with E-state index in [0.717, 1.165) is 30.4 Å². The Morgan fingerprint density at radius 3 is 2.63 bits per heavy atom. The van der Waals surface area contributed by atoms with E-state index in [4.69, 9.17) is 0 Å². The van der Waals surface area contributed by atoms with Crippen molar-refractivity contribution in [2.24, 2.45) is 11.8 Å². The highest BCUT2D eigenvalue weighted by Gasteiger charge is 2.13. The zero-order valence-corrected chi connectivity index (χ0v) is 13.8. The van der Waals surface area contributed by atoms with Crippen LogP contribution in [0.5, 0.6) is 0 Å². The van der Waals surface area contributed by atoms with Gasteiger partial charge in [0.15, 0.2) is 0 Å². The summed E-state index contributed by atoms with van der Waals surface area (Å²) in [6.07, 6.45) is 3.35. The molecule has 0 saturated heterocycles. The highest BCUT2D eigenvalue weighted by atomic mass is 79.9. The van der Waals surface area contributed by atoms with Gasteiger partial charge in [-0.05, 0) is 61.9 Å². The van der Waals surface area contributed by atoms with Gasteiger partial charge in [-0.15, -0.1) is 0 Å². The molecule has 1 aromatic rings. The van der Waals surface area contributed by atoms with Crippen molar-refractivity contribution < 1.29 is 4.39 Å². The monoisotopic (exact) mass is 329 g/mol. The molecule has 0 aliphatic heterocycles. The number of hydrogen-bond acceptors (Lipinski definition) is 1. The van der Waals surface area contributed by atoms with Gasteiger partial charge in [0.2, 0.25) is 0 Å². The van der Waals surface area contributed by atoms with Gasteiger partial charge in [0.05, 0.1) is 0 Å². The Bertz CT molecular complexity index is 379. The lowest BCUT2D eigenvalue weighted by Gasteiger charge is -2.20. The lowest BCUT2D eigenvalue weighted by Crippen LogP contribution is -2.26. The van der Waals surface area contributed by atoms with Crippen molar-refractivity contribution in [1.29, 1.82) is 0 Å². The van der Waals surface area contributed by atoms with Crippen LogP contribution in [0.15, 0.2) is 22.7 Å². The minimum absolute atomic E-state index is 0.180. The van der Waals surface area contributed by atoms with Crippen molar-refractivity contribution in [2.75, 3.05) is 13.1 Å². The van der Waals surface area contributed by atoms with Gasteiger partial charge in [-0.2, -0.15) is 0 Å². The summed E-state index contributed by atoms with van der Waals surface area (Å²) in [7, 11) is 0. The molecule has 1 rings (SSSR count). The minimum Gasteiger partial charge on any atom is -0.316 e. The van der Waals surface area contributed by atoms with E-state index in [1.54, 1.807) is 12.1 Å². The normalized spacial score (nSPS) is 12.9.